The molecule has 3 heteroatoms. The second-order valence-corrected chi connectivity index (χ2v) is 4.85. The predicted molar refractivity (Wildman–Crippen MR) is 64.5 cm³/mol. The molecule has 0 heterocycles. The van der Waals surface area contributed by atoms with Crippen LogP contribution in [0.15, 0.2) is 24.3 Å². The van der Waals surface area contributed by atoms with E-state index in [1.54, 1.807) is 20.1 Å². The van der Waals surface area contributed by atoms with Crippen molar-refractivity contribution in [2.75, 3.05) is 7.11 Å². The van der Waals surface area contributed by atoms with Crippen LogP contribution in [0.2, 0.25) is 0 Å². The number of aliphatic hydroxyl groups is 1. The van der Waals surface area contributed by atoms with Crippen molar-refractivity contribution in [2.45, 2.75) is 31.8 Å². The Morgan fingerprint density at radius 3 is 2.65 bits per heavy atom. The Hall–Kier alpha value is -1.53. The van der Waals surface area contributed by atoms with Crippen LogP contribution in [0.3, 0.4) is 0 Å². The van der Waals surface area contributed by atoms with Crippen LogP contribution in [0.4, 0.5) is 0 Å². The minimum atomic E-state index is -1.12. The van der Waals surface area contributed by atoms with Crippen molar-refractivity contribution >= 4 is 0 Å². The summed E-state index contributed by atoms with van der Waals surface area (Å²) in [5.41, 5.74) is -1.01. The summed E-state index contributed by atoms with van der Waals surface area (Å²) >= 11 is 0. The van der Waals surface area contributed by atoms with Crippen molar-refractivity contribution in [3.8, 4) is 11.8 Å². The number of rotatable bonds is 3. The summed E-state index contributed by atoms with van der Waals surface area (Å²) in [6.07, 6.45) is 2.52. The molecular weight excluding hydrogens is 214 g/mol. The van der Waals surface area contributed by atoms with E-state index >= 15 is 0 Å². The molecule has 1 atom stereocenters. The van der Waals surface area contributed by atoms with Crippen molar-refractivity contribution in [1.29, 1.82) is 5.26 Å². The van der Waals surface area contributed by atoms with Gasteiger partial charge in [-0.3, -0.25) is 0 Å². The highest BCUT2D eigenvalue weighted by Gasteiger charge is 2.52. The average molecular weight is 231 g/mol. The van der Waals surface area contributed by atoms with E-state index in [1.807, 2.05) is 18.2 Å². The second kappa shape index (κ2) is 4.05. The molecule has 17 heavy (non-hydrogen) atoms. The molecule has 0 aromatic heterocycles. The van der Waals surface area contributed by atoms with Crippen molar-refractivity contribution in [3.63, 3.8) is 0 Å². The zero-order chi connectivity index (χ0) is 12.5. The third-order valence-electron chi connectivity index (χ3n) is 3.98. The van der Waals surface area contributed by atoms with Gasteiger partial charge in [-0.25, -0.2) is 0 Å². The molecule has 2 rings (SSSR count). The summed E-state index contributed by atoms with van der Waals surface area (Å²) in [6.45, 7) is 1.73. The maximum Gasteiger partial charge on any atom is 0.119 e. The topological polar surface area (TPSA) is 53.2 Å². The summed E-state index contributed by atoms with van der Waals surface area (Å²) < 4.78 is 5.15. The Morgan fingerprint density at radius 2 is 2.18 bits per heavy atom. The Morgan fingerprint density at radius 1 is 1.47 bits per heavy atom. The fraction of sp³-hybridized carbons (Fsp3) is 0.500. The van der Waals surface area contributed by atoms with Crippen LogP contribution < -0.4 is 4.74 Å². The van der Waals surface area contributed by atoms with Crippen molar-refractivity contribution in [3.05, 3.63) is 29.8 Å². The van der Waals surface area contributed by atoms with Crippen LogP contribution in [0, 0.1) is 16.7 Å². The van der Waals surface area contributed by atoms with E-state index in [2.05, 4.69) is 6.07 Å². The zero-order valence-corrected chi connectivity index (χ0v) is 10.2. The van der Waals surface area contributed by atoms with E-state index in [1.165, 1.54) is 0 Å². The van der Waals surface area contributed by atoms with Gasteiger partial charge in [-0.05, 0) is 37.5 Å². The van der Waals surface area contributed by atoms with Gasteiger partial charge in [-0.15, -0.1) is 0 Å². The van der Waals surface area contributed by atoms with Gasteiger partial charge in [0.2, 0.25) is 0 Å². The largest absolute Gasteiger partial charge is 0.497 e. The molecule has 0 saturated heterocycles. The van der Waals surface area contributed by atoms with E-state index in [-0.39, 0.29) is 0 Å². The average Bonchev–Trinajstić information content (AvgIpc) is 2.28. The smallest absolute Gasteiger partial charge is 0.119 e. The maximum atomic E-state index is 10.7. The van der Waals surface area contributed by atoms with E-state index in [4.69, 9.17) is 4.74 Å². The van der Waals surface area contributed by atoms with E-state index < -0.39 is 11.0 Å². The maximum absolute atomic E-state index is 10.7. The highest BCUT2D eigenvalue weighted by atomic mass is 16.5. The van der Waals surface area contributed by atoms with Crippen LogP contribution in [0.25, 0.3) is 0 Å². The van der Waals surface area contributed by atoms with Gasteiger partial charge in [0, 0.05) is 0 Å². The van der Waals surface area contributed by atoms with Crippen LogP contribution in [-0.2, 0) is 5.60 Å². The zero-order valence-electron chi connectivity index (χ0n) is 10.2. The molecule has 3 nitrogen and oxygen atoms in total. The first-order valence-electron chi connectivity index (χ1n) is 5.84. The van der Waals surface area contributed by atoms with Gasteiger partial charge in [0.25, 0.3) is 0 Å². The van der Waals surface area contributed by atoms with Crippen LogP contribution in [-0.4, -0.2) is 12.2 Å². The van der Waals surface area contributed by atoms with E-state index in [0.717, 1.165) is 24.8 Å². The molecule has 1 aliphatic carbocycles. The van der Waals surface area contributed by atoms with E-state index in [0.29, 0.717) is 5.75 Å². The first-order valence-corrected chi connectivity index (χ1v) is 5.84. The highest BCUT2D eigenvalue weighted by Crippen LogP contribution is 2.53. The molecule has 1 aromatic rings. The minimum Gasteiger partial charge on any atom is -0.497 e. The molecule has 0 bridgehead atoms. The molecule has 0 aliphatic heterocycles. The molecule has 1 fully saturated rings. The van der Waals surface area contributed by atoms with Gasteiger partial charge in [0.1, 0.15) is 11.4 Å². The quantitative estimate of drug-likeness (QED) is 0.870. The molecular formula is C14H17NO2. The van der Waals surface area contributed by atoms with Gasteiger partial charge in [0.15, 0.2) is 0 Å². The Kier molecular flexibility index (Phi) is 2.84. The summed E-state index contributed by atoms with van der Waals surface area (Å²) in [4.78, 5) is 0. The number of ether oxygens (including phenoxy) is 1. The predicted octanol–water partition coefficient (Wildman–Crippen LogP) is 2.60. The Bertz CT molecular complexity index is 456. The highest BCUT2D eigenvalue weighted by molar-refractivity contribution is 5.35. The van der Waals surface area contributed by atoms with Gasteiger partial charge >= 0.3 is 0 Å². The lowest BCUT2D eigenvalue weighted by molar-refractivity contribution is -0.0859. The third-order valence-corrected chi connectivity index (χ3v) is 3.98. The van der Waals surface area contributed by atoms with Gasteiger partial charge in [-0.1, -0.05) is 18.6 Å². The van der Waals surface area contributed by atoms with Crippen LogP contribution in [0.1, 0.15) is 31.7 Å². The van der Waals surface area contributed by atoms with Crippen LogP contribution in [0.5, 0.6) is 5.75 Å². The lowest BCUT2D eigenvalue weighted by atomic mass is 9.58. The van der Waals surface area contributed by atoms with Crippen molar-refractivity contribution < 1.29 is 9.84 Å². The molecule has 1 N–H and O–H groups in total. The van der Waals surface area contributed by atoms with Gasteiger partial charge in [0.05, 0.1) is 18.6 Å². The molecule has 1 unspecified atom stereocenters. The van der Waals surface area contributed by atoms with E-state index in [9.17, 15) is 10.4 Å². The number of benzene rings is 1. The number of nitrogens with zero attached hydrogens (tertiary/aromatic N) is 1. The summed E-state index contributed by atoms with van der Waals surface area (Å²) in [7, 11) is 1.59. The normalized spacial score (nSPS) is 20.8. The number of methoxy groups -OCH3 is 1. The Balaban J connectivity index is 2.40. The Labute approximate surface area is 102 Å². The fourth-order valence-electron chi connectivity index (χ4n) is 2.44. The summed E-state index contributed by atoms with van der Waals surface area (Å²) in [5, 5.41) is 20.0. The number of hydrogen-bond donors (Lipinski definition) is 1. The number of nitriles is 1. The SMILES string of the molecule is COc1cccc(C(C)(O)C2(C#N)CCC2)c1. The first-order chi connectivity index (χ1) is 8.05. The number of hydrogen-bond acceptors (Lipinski definition) is 3. The molecule has 0 amide bonds. The van der Waals surface area contributed by atoms with Crippen molar-refractivity contribution in [2.24, 2.45) is 5.41 Å². The standard InChI is InChI=1S/C14H17NO2/c1-13(16,14(10-15)7-4-8-14)11-5-3-6-12(9-11)17-2/h3,5-6,9,16H,4,7-8H2,1-2H3. The minimum absolute atomic E-state index is 0.640. The third kappa shape index (κ3) is 1.69. The molecule has 1 saturated carbocycles. The molecule has 0 spiro atoms. The first kappa shape index (κ1) is 11.9. The monoisotopic (exact) mass is 231 g/mol. The molecule has 1 aliphatic rings. The summed E-state index contributed by atoms with van der Waals surface area (Å²) in [5.74, 6) is 0.704. The molecule has 1 aromatic carbocycles. The second-order valence-electron chi connectivity index (χ2n) is 4.85. The lowest BCUT2D eigenvalue weighted by Crippen LogP contribution is -2.47. The molecule has 90 valence electrons. The van der Waals surface area contributed by atoms with Gasteiger partial charge in [-0.2, -0.15) is 5.26 Å². The van der Waals surface area contributed by atoms with Crippen molar-refractivity contribution in [1.82, 2.24) is 0 Å². The summed E-state index contributed by atoms with van der Waals surface area (Å²) in [6, 6.07) is 9.62. The van der Waals surface area contributed by atoms with Crippen LogP contribution >= 0.6 is 0 Å². The molecule has 0 radical (unpaired) electrons. The lowest BCUT2D eigenvalue weighted by Gasteiger charge is -2.46. The fourth-order valence-corrected chi connectivity index (χ4v) is 2.44. The van der Waals surface area contributed by atoms with Gasteiger partial charge < -0.3 is 9.84 Å².